The van der Waals surface area contributed by atoms with Gasteiger partial charge >= 0.3 is 6.16 Å². The van der Waals surface area contributed by atoms with E-state index in [1.54, 1.807) is 6.92 Å². The van der Waals surface area contributed by atoms with Gasteiger partial charge in [-0.15, -0.1) is 25.1 Å². The molecule has 13 heteroatoms. The summed E-state index contributed by atoms with van der Waals surface area (Å²) in [5.41, 5.74) is 4.16. The summed E-state index contributed by atoms with van der Waals surface area (Å²) in [7, 11) is 0. The smallest absolute Gasteiger partial charge is 0.407 e. The molecule has 4 aromatic rings. The van der Waals surface area contributed by atoms with Gasteiger partial charge in [0, 0.05) is 24.6 Å². The molecule has 0 N–H and O–H groups in total. The first-order chi connectivity index (χ1) is 22.5. The lowest BCUT2D eigenvalue weighted by Gasteiger charge is -2.32. The lowest BCUT2D eigenvalue weighted by molar-refractivity contribution is -0.763. The van der Waals surface area contributed by atoms with E-state index in [4.69, 9.17) is 9.47 Å². The minimum absolute atomic E-state index is 0.123. The van der Waals surface area contributed by atoms with E-state index >= 15 is 0 Å². The minimum atomic E-state index is -0.987. The number of carbonyl (C=O) groups is 2. The van der Waals surface area contributed by atoms with E-state index in [1.165, 1.54) is 29.1 Å². The molecule has 0 bridgehead atoms. The zero-order valence-electron chi connectivity index (χ0n) is 27.2. The monoisotopic (exact) mass is 644 g/mol. The van der Waals surface area contributed by atoms with Crippen LogP contribution < -0.4 is 4.74 Å². The Hall–Kier alpha value is -5.33. The van der Waals surface area contributed by atoms with Gasteiger partial charge in [-0.25, -0.2) is 4.79 Å². The number of unbranched alkanes of at least 4 members (excludes halogenated alkanes) is 1. The number of ether oxygens (including phenoxy) is 2. The summed E-state index contributed by atoms with van der Waals surface area (Å²) >= 11 is 0. The fraction of sp³-hybridized carbons (Fsp3) is 0.382. The molecule has 1 aromatic heterocycles. The van der Waals surface area contributed by atoms with Gasteiger partial charge in [-0.2, -0.15) is 0 Å². The Labute approximate surface area is 273 Å². The van der Waals surface area contributed by atoms with Crippen LogP contribution in [-0.2, 0) is 27.5 Å². The molecular formula is C34H40N6O7. The van der Waals surface area contributed by atoms with Gasteiger partial charge in [0.05, 0.1) is 0 Å². The SMILES string of the molecule is CCCCC(=O)N(Cc1ccc(-c2ccccc2-c2nnn(C(C)OC(=O)Oc3ccc(CO[N+](=O)[O-])cc3)n2)cc1)C(C)C(C)C. The van der Waals surface area contributed by atoms with E-state index < -0.39 is 17.5 Å². The van der Waals surface area contributed by atoms with Crippen LogP contribution in [0.15, 0.2) is 72.8 Å². The third-order valence-corrected chi connectivity index (χ3v) is 7.79. The minimum Gasteiger partial charge on any atom is -0.407 e. The Morgan fingerprint density at radius 1 is 0.936 bits per heavy atom. The highest BCUT2D eigenvalue weighted by atomic mass is 16.9. The maximum absolute atomic E-state index is 13.0. The van der Waals surface area contributed by atoms with Crippen LogP contribution in [0.5, 0.6) is 5.75 Å². The molecule has 0 aliphatic heterocycles. The first-order valence-electron chi connectivity index (χ1n) is 15.6. The Bertz CT molecular complexity index is 1640. The Balaban J connectivity index is 1.42. The zero-order valence-corrected chi connectivity index (χ0v) is 27.2. The zero-order chi connectivity index (χ0) is 33.9. The molecular weight excluding hydrogens is 604 g/mol. The molecule has 0 radical (unpaired) electrons. The molecule has 0 fully saturated rings. The van der Waals surface area contributed by atoms with E-state index in [0.717, 1.165) is 35.1 Å². The quantitative estimate of drug-likeness (QED) is 0.0571. The molecule has 0 aliphatic carbocycles. The number of carbonyl (C=O) groups excluding carboxylic acids is 2. The second-order valence-corrected chi connectivity index (χ2v) is 11.5. The largest absolute Gasteiger partial charge is 0.515 e. The molecule has 1 amide bonds. The van der Waals surface area contributed by atoms with E-state index in [0.29, 0.717) is 30.3 Å². The summed E-state index contributed by atoms with van der Waals surface area (Å²) in [5, 5.41) is 22.2. The number of amides is 1. The van der Waals surface area contributed by atoms with Crippen LogP contribution in [-0.4, -0.2) is 48.3 Å². The topological polar surface area (TPSA) is 152 Å². The number of aromatic nitrogens is 4. The summed E-state index contributed by atoms with van der Waals surface area (Å²) in [5.74, 6) is 1.05. The van der Waals surface area contributed by atoms with Gasteiger partial charge in [0.25, 0.3) is 5.09 Å². The van der Waals surface area contributed by atoms with Gasteiger partial charge in [0.15, 0.2) is 0 Å². The van der Waals surface area contributed by atoms with Crippen molar-refractivity contribution in [3.63, 3.8) is 0 Å². The molecule has 0 spiro atoms. The van der Waals surface area contributed by atoms with Crippen molar-refractivity contribution in [3.8, 4) is 28.3 Å². The first kappa shape index (κ1) is 34.5. The molecule has 2 atom stereocenters. The van der Waals surface area contributed by atoms with Crippen LogP contribution >= 0.6 is 0 Å². The normalized spacial score (nSPS) is 12.3. The molecule has 248 valence electrons. The fourth-order valence-corrected chi connectivity index (χ4v) is 4.78. The van der Waals surface area contributed by atoms with E-state index in [1.807, 2.05) is 53.4 Å². The Morgan fingerprint density at radius 2 is 1.60 bits per heavy atom. The van der Waals surface area contributed by atoms with Crippen molar-refractivity contribution < 1.29 is 29.0 Å². The lowest BCUT2D eigenvalue weighted by atomic mass is 9.97. The average Bonchev–Trinajstić information content (AvgIpc) is 3.56. The van der Waals surface area contributed by atoms with Crippen molar-refractivity contribution in [2.45, 2.75) is 79.3 Å². The van der Waals surface area contributed by atoms with Crippen LogP contribution in [0.4, 0.5) is 4.79 Å². The number of tetrazole rings is 1. The number of nitrogens with zero attached hydrogens (tertiary/aromatic N) is 6. The van der Waals surface area contributed by atoms with E-state index in [-0.39, 0.29) is 24.3 Å². The molecule has 2 unspecified atom stereocenters. The fourth-order valence-electron chi connectivity index (χ4n) is 4.78. The summed E-state index contributed by atoms with van der Waals surface area (Å²) in [6.45, 7) is 10.4. The molecule has 1 heterocycles. The van der Waals surface area contributed by atoms with Gasteiger partial charge in [0.2, 0.25) is 18.0 Å². The maximum atomic E-state index is 13.0. The van der Waals surface area contributed by atoms with Gasteiger partial charge in [0.1, 0.15) is 12.4 Å². The highest BCUT2D eigenvalue weighted by Crippen LogP contribution is 2.31. The molecule has 0 saturated carbocycles. The summed E-state index contributed by atoms with van der Waals surface area (Å²) in [6.07, 6.45) is 0.495. The van der Waals surface area contributed by atoms with Crippen LogP contribution in [0, 0.1) is 16.0 Å². The van der Waals surface area contributed by atoms with Crippen LogP contribution in [0.2, 0.25) is 0 Å². The van der Waals surface area contributed by atoms with Gasteiger partial charge in [-0.05, 0) is 65.8 Å². The number of rotatable bonds is 15. The van der Waals surface area contributed by atoms with Crippen molar-refractivity contribution in [2.24, 2.45) is 5.92 Å². The van der Waals surface area contributed by atoms with Gasteiger partial charge in [-0.3, -0.25) is 4.79 Å². The highest BCUT2D eigenvalue weighted by molar-refractivity contribution is 5.80. The second-order valence-electron chi connectivity index (χ2n) is 11.5. The Kier molecular flexibility index (Phi) is 12.0. The van der Waals surface area contributed by atoms with Crippen molar-refractivity contribution in [1.82, 2.24) is 25.1 Å². The summed E-state index contributed by atoms with van der Waals surface area (Å²) < 4.78 is 10.5. The van der Waals surface area contributed by atoms with Crippen LogP contribution in [0.3, 0.4) is 0 Å². The van der Waals surface area contributed by atoms with E-state index in [2.05, 4.69) is 47.9 Å². The first-order valence-corrected chi connectivity index (χ1v) is 15.6. The molecule has 4 rings (SSSR count). The molecule has 47 heavy (non-hydrogen) atoms. The predicted molar refractivity (Wildman–Crippen MR) is 173 cm³/mol. The van der Waals surface area contributed by atoms with Gasteiger partial charge in [-0.1, -0.05) is 87.9 Å². The molecule has 3 aromatic carbocycles. The molecule has 0 saturated heterocycles. The standard InChI is InChI=1S/C34H40N6O7/c1-6-7-12-32(41)38(24(4)23(2)3)21-26-13-17-28(18-14-26)30-10-8-9-11-31(30)33-35-37-39(36-33)25(5)46-34(42)47-29-19-15-27(16-20-29)22-45-40(43)44/h8-11,13-20,23-25H,6-7,12,21-22H2,1-5H3. The number of hydrogen-bond acceptors (Lipinski definition) is 10. The average molecular weight is 645 g/mol. The second kappa shape index (κ2) is 16.3. The van der Waals surface area contributed by atoms with Crippen molar-refractivity contribution in [3.05, 3.63) is 94.0 Å². The third-order valence-electron chi connectivity index (χ3n) is 7.79. The molecule has 13 nitrogen and oxygen atoms in total. The van der Waals surface area contributed by atoms with Crippen molar-refractivity contribution in [1.29, 1.82) is 0 Å². The van der Waals surface area contributed by atoms with Crippen molar-refractivity contribution >= 4 is 12.1 Å². The maximum Gasteiger partial charge on any atom is 0.515 e. The highest BCUT2D eigenvalue weighted by Gasteiger charge is 2.23. The third kappa shape index (κ3) is 9.58. The summed E-state index contributed by atoms with van der Waals surface area (Å²) in [6, 6.07) is 21.9. The van der Waals surface area contributed by atoms with Gasteiger partial charge < -0.3 is 19.2 Å². The molecule has 0 aliphatic rings. The lowest BCUT2D eigenvalue weighted by Crippen LogP contribution is -2.40. The van der Waals surface area contributed by atoms with E-state index in [9.17, 15) is 19.7 Å². The van der Waals surface area contributed by atoms with Crippen LogP contribution in [0.25, 0.3) is 22.5 Å². The number of benzene rings is 3. The number of hydrogen-bond donors (Lipinski definition) is 0. The Morgan fingerprint density at radius 3 is 2.23 bits per heavy atom. The predicted octanol–water partition coefficient (Wildman–Crippen LogP) is 7.01. The van der Waals surface area contributed by atoms with Crippen LogP contribution in [0.1, 0.15) is 71.2 Å². The van der Waals surface area contributed by atoms with Crippen molar-refractivity contribution in [2.75, 3.05) is 0 Å². The summed E-state index contributed by atoms with van der Waals surface area (Å²) in [4.78, 5) is 43.3.